The molecule has 0 aromatic heterocycles. The lowest BCUT2D eigenvalue weighted by Gasteiger charge is -2.08. The molecule has 0 radical (unpaired) electrons. The highest BCUT2D eigenvalue weighted by atomic mass is 79.9. The Kier molecular flexibility index (Phi) is 3.30. The quantitative estimate of drug-likeness (QED) is 0.863. The average molecular weight is 277 g/mol. The fourth-order valence-corrected chi connectivity index (χ4v) is 2.13. The van der Waals surface area contributed by atoms with Crippen molar-refractivity contribution in [2.24, 2.45) is 0 Å². The molecule has 0 saturated heterocycles. The Labute approximate surface area is 104 Å². The maximum atomic E-state index is 9.28. The van der Waals surface area contributed by atoms with Gasteiger partial charge in [-0.05, 0) is 47.4 Å². The Morgan fingerprint density at radius 1 is 1.06 bits per heavy atom. The van der Waals surface area contributed by atoms with Gasteiger partial charge in [-0.25, -0.2) is 0 Å². The van der Waals surface area contributed by atoms with E-state index in [0.717, 1.165) is 16.5 Å². The fourth-order valence-electron chi connectivity index (χ4n) is 1.77. The second kappa shape index (κ2) is 4.71. The van der Waals surface area contributed by atoms with Crippen LogP contribution >= 0.6 is 15.9 Å². The van der Waals surface area contributed by atoms with E-state index in [1.54, 1.807) is 12.1 Å². The van der Waals surface area contributed by atoms with Crippen molar-refractivity contribution < 1.29 is 5.11 Å². The molecule has 0 atom stereocenters. The van der Waals surface area contributed by atoms with Gasteiger partial charge in [-0.1, -0.05) is 41.1 Å². The third kappa shape index (κ3) is 2.27. The summed E-state index contributed by atoms with van der Waals surface area (Å²) in [5.41, 5.74) is 3.67. The maximum Gasteiger partial charge on any atom is 0.115 e. The Hall–Kier alpha value is -1.28. The number of rotatable bonds is 2. The summed E-state index contributed by atoms with van der Waals surface area (Å²) >= 11 is 3.49. The number of halogens is 1. The SMILES string of the molecule is CCc1ccc(Br)cc1-c1ccc(O)cc1. The van der Waals surface area contributed by atoms with Crippen LogP contribution in [-0.2, 0) is 6.42 Å². The molecule has 2 heteroatoms. The Morgan fingerprint density at radius 3 is 2.38 bits per heavy atom. The van der Waals surface area contributed by atoms with E-state index < -0.39 is 0 Å². The van der Waals surface area contributed by atoms with Crippen molar-refractivity contribution in [3.05, 3.63) is 52.5 Å². The molecule has 16 heavy (non-hydrogen) atoms. The zero-order valence-electron chi connectivity index (χ0n) is 9.07. The Morgan fingerprint density at radius 2 is 1.75 bits per heavy atom. The molecule has 0 aliphatic carbocycles. The van der Waals surface area contributed by atoms with Crippen molar-refractivity contribution in [2.75, 3.05) is 0 Å². The molecular weight excluding hydrogens is 264 g/mol. The first-order valence-electron chi connectivity index (χ1n) is 5.28. The van der Waals surface area contributed by atoms with Crippen molar-refractivity contribution in [1.29, 1.82) is 0 Å². The topological polar surface area (TPSA) is 20.2 Å². The number of phenols is 1. The molecule has 2 rings (SSSR count). The van der Waals surface area contributed by atoms with E-state index in [2.05, 4.69) is 41.1 Å². The van der Waals surface area contributed by atoms with E-state index in [-0.39, 0.29) is 0 Å². The van der Waals surface area contributed by atoms with E-state index in [4.69, 9.17) is 0 Å². The fraction of sp³-hybridized carbons (Fsp3) is 0.143. The van der Waals surface area contributed by atoms with Gasteiger partial charge in [-0.2, -0.15) is 0 Å². The van der Waals surface area contributed by atoms with Crippen LogP contribution < -0.4 is 0 Å². The average Bonchev–Trinajstić information content (AvgIpc) is 2.30. The monoisotopic (exact) mass is 276 g/mol. The van der Waals surface area contributed by atoms with Gasteiger partial charge in [0.05, 0.1) is 0 Å². The minimum absolute atomic E-state index is 0.303. The number of aryl methyl sites for hydroxylation is 1. The molecule has 1 nitrogen and oxygen atoms in total. The highest BCUT2D eigenvalue weighted by Gasteiger charge is 2.04. The van der Waals surface area contributed by atoms with Crippen molar-refractivity contribution in [3.8, 4) is 16.9 Å². The summed E-state index contributed by atoms with van der Waals surface area (Å²) in [4.78, 5) is 0. The molecule has 0 unspecified atom stereocenters. The van der Waals surface area contributed by atoms with E-state index in [9.17, 15) is 5.11 Å². The normalized spacial score (nSPS) is 10.4. The van der Waals surface area contributed by atoms with Crippen LogP contribution in [-0.4, -0.2) is 5.11 Å². The summed E-state index contributed by atoms with van der Waals surface area (Å²) in [6.07, 6.45) is 1.00. The summed E-state index contributed by atoms with van der Waals surface area (Å²) in [6, 6.07) is 13.6. The molecule has 0 saturated carbocycles. The summed E-state index contributed by atoms with van der Waals surface area (Å²) in [5, 5.41) is 9.28. The van der Waals surface area contributed by atoms with Gasteiger partial charge in [0.1, 0.15) is 5.75 Å². The molecule has 0 aliphatic rings. The lowest BCUT2D eigenvalue weighted by Crippen LogP contribution is -1.87. The molecule has 2 aromatic rings. The molecule has 0 spiro atoms. The van der Waals surface area contributed by atoms with Crippen LogP contribution in [0.3, 0.4) is 0 Å². The summed E-state index contributed by atoms with van der Waals surface area (Å²) in [5.74, 6) is 0.303. The van der Waals surface area contributed by atoms with Gasteiger partial charge in [-0.15, -0.1) is 0 Å². The van der Waals surface area contributed by atoms with Crippen LogP contribution in [0.25, 0.3) is 11.1 Å². The third-order valence-electron chi connectivity index (χ3n) is 2.63. The van der Waals surface area contributed by atoms with Gasteiger partial charge < -0.3 is 5.11 Å². The lowest BCUT2D eigenvalue weighted by molar-refractivity contribution is 0.475. The van der Waals surface area contributed by atoms with Crippen LogP contribution in [0.15, 0.2) is 46.9 Å². The molecular formula is C14H13BrO. The van der Waals surface area contributed by atoms with Crippen LogP contribution in [0.2, 0.25) is 0 Å². The molecule has 1 N–H and O–H groups in total. The van der Waals surface area contributed by atoms with Gasteiger partial charge in [0, 0.05) is 4.47 Å². The zero-order chi connectivity index (χ0) is 11.5. The number of hydrogen-bond donors (Lipinski definition) is 1. The van der Waals surface area contributed by atoms with Crippen LogP contribution in [0.1, 0.15) is 12.5 Å². The summed E-state index contributed by atoms with van der Waals surface area (Å²) in [7, 11) is 0. The van der Waals surface area contributed by atoms with Gasteiger partial charge in [0.15, 0.2) is 0 Å². The molecule has 0 heterocycles. The van der Waals surface area contributed by atoms with Gasteiger partial charge in [0.2, 0.25) is 0 Å². The lowest BCUT2D eigenvalue weighted by atomic mass is 9.98. The van der Waals surface area contributed by atoms with E-state index in [0.29, 0.717) is 5.75 Å². The van der Waals surface area contributed by atoms with Crippen molar-refractivity contribution >= 4 is 15.9 Å². The molecule has 82 valence electrons. The van der Waals surface area contributed by atoms with Crippen molar-refractivity contribution in [3.63, 3.8) is 0 Å². The van der Waals surface area contributed by atoms with Gasteiger partial charge in [0.25, 0.3) is 0 Å². The molecule has 0 amide bonds. The minimum Gasteiger partial charge on any atom is -0.508 e. The number of hydrogen-bond acceptors (Lipinski definition) is 1. The summed E-state index contributed by atoms with van der Waals surface area (Å²) < 4.78 is 1.08. The van der Waals surface area contributed by atoms with E-state index in [1.807, 2.05) is 12.1 Å². The standard InChI is InChI=1S/C14H13BrO/c1-2-10-3-6-12(15)9-14(10)11-4-7-13(16)8-5-11/h3-9,16H,2H2,1H3. The first kappa shape index (κ1) is 11.2. The van der Waals surface area contributed by atoms with Gasteiger partial charge in [-0.3, -0.25) is 0 Å². The molecule has 2 aromatic carbocycles. The maximum absolute atomic E-state index is 9.28. The largest absolute Gasteiger partial charge is 0.508 e. The minimum atomic E-state index is 0.303. The van der Waals surface area contributed by atoms with E-state index in [1.165, 1.54) is 11.1 Å². The predicted octanol–water partition coefficient (Wildman–Crippen LogP) is 4.38. The smallest absolute Gasteiger partial charge is 0.115 e. The van der Waals surface area contributed by atoms with Crippen LogP contribution in [0.5, 0.6) is 5.75 Å². The molecule has 0 fully saturated rings. The number of aromatic hydroxyl groups is 1. The van der Waals surface area contributed by atoms with Crippen LogP contribution in [0, 0.1) is 0 Å². The summed E-state index contributed by atoms with van der Waals surface area (Å²) in [6.45, 7) is 2.15. The predicted molar refractivity (Wildman–Crippen MR) is 70.6 cm³/mol. The second-order valence-corrected chi connectivity index (χ2v) is 4.62. The first-order valence-corrected chi connectivity index (χ1v) is 6.08. The van der Waals surface area contributed by atoms with Crippen molar-refractivity contribution in [2.45, 2.75) is 13.3 Å². The molecule has 0 bridgehead atoms. The second-order valence-electron chi connectivity index (χ2n) is 3.70. The number of benzene rings is 2. The number of phenolic OH excluding ortho intramolecular Hbond substituents is 1. The third-order valence-corrected chi connectivity index (χ3v) is 3.12. The Bertz CT molecular complexity index is 489. The first-order chi connectivity index (χ1) is 7.70. The zero-order valence-corrected chi connectivity index (χ0v) is 10.7. The van der Waals surface area contributed by atoms with Crippen LogP contribution in [0.4, 0.5) is 0 Å². The van der Waals surface area contributed by atoms with Crippen molar-refractivity contribution in [1.82, 2.24) is 0 Å². The highest BCUT2D eigenvalue weighted by Crippen LogP contribution is 2.28. The van der Waals surface area contributed by atoms with Gasteiger partial charge >= 0.3 is 0 Å². The Balaban J connectivity index is 2.53. The molecule has 0 aliphatic heterocycles. The highest BCUT2D eigenvalue weighted by molar-refractivity contribution is 9.10. The van der Waals surface area contributed by atoms with E-state index >= 15 is 0 Å².